The molecule has 0 aliphatic carbocycles. The molecule has 0 aromatic rings. The van der Waals surface area contributed by atoms with Gasteiger partial charge in [-0.1, -0.05) is 0 Å². The van der Waals surface area contributed by atoms with E-state index < -0.39 is 85.9 Å². The lowest BCUT2D eigenvalue weighted by Gasteiger charge is -2.46. The number of ether oxygens (including phenoxy) is 6. The van der Waals surface area contributed by atoms with Crippen molar-refractivity contribution < 1.29 is 63.2 Å². The smallest absolute Gasteiger partial charge is 0.303 e. The van der Waals surface area contributed by atoms with Gasteiger partial charge in [0, 0.05) is 20.8 Å². The minimum absolute atomic E-state index is 0.453. The van der Waals surface area contributed by atoms with E-state index in [0.717, 1.165) is 20.8 Å². The first-order chi connectivity index (χ1) is 14.4. The van der Waals surface area contributed by atoms with Crippen LogP contribution in [0.5, 0.6) is 0 Å². The summed E-state index contributed by atoms with van der Waals surface area (Å²) in [6.45, 7) is 4.24. The van der Waals surface area contributed by atoms with Gasteiger partial charge in [0.1, 0.15) is 37.1 Å². The molecule has 0 radical (unpaired) electrons. The first-order valence-corrected chi connectivity index (χ1v) is 9.58. The van der Waals surface area contributed by atoms with E-state index in [-0.39, 0.29) is 0 Å². The highest BCUT2D eigenvalue weighted by Gasteiger charge is 2.53. The fourth-order valence-corrected chi connectivity index (χ4v) is 3.32. The normalized spacial score (nSPS) is 40.6. The number of rotatable bonds is 6. The molecule has 13 heteroatoms. The number of esters is 3. The quantitative estimate of drug-likeness (QED) is 0.242. The molecule has 13 nitrogen and oxygen atoms in total. The molecule has 0 saturated carbocycles. The molecule has 178 valence electrons. The van der Waals surface area contributed by atoms with Gasteiger partial charge in [0.05, 0.1) is 6.10 Å². The maximum atomic E-state index is 11.7. The Morgan fingerprint density at radius 1 is 0.774 bits per heavy atom. The molecule has 2 saturated heterocycles. The monoisotopic (exact) mass is 452 g/mol. The summed E-state index contributed by atoms with van der Waals surface area (Å²) in [7, 11) is 0. The molecule has 2 rings (SSSR count). The topological polar surface area (TPSA) is 188 Å². The number of aliphatic hydroxyl groups excluding tert-OH is 4. The number of hydrogen-bond acceptors (Lipinski definition) is 13. The first-order valence-electron chi connectivity index (χ1n) is 9.58. The zero-order chi connectivity index (χ0) is 23.5. The molecule has 2 heterocycles. The van der Waals surface area contributed by atoms with Crippen LogP contribution >= 0.6 is 0 Å². The van der Waals surface area contributed by atoms with Crippen LogP contribution in [0.4, 0.5) is 0 Å². The molecule has 0 spiro atoms. The van der Waals surface area contributed by atoms with Crippen LogP contribution in [0.3, 0.4) is 0 Å². The molecule has 4 N–H and O–H groups in total. The summed E-state index contributed by atoms with van der Waals surface area (Å²) in [5.74, 6) is -2.31. The molecular formula is C18H28O13. The third kappa shape index (κ3) is 6.32. The molecule has 0 aromatic heterocycles. The van der Waals surface area contributed by atoms with Crippen molar-refractivity contribution in [1.82, 2.24) is 0 Å². The van der Waals surface area contributed by atoms with E-state index in [1.54, 1.807) is 0 Å². The Kier molecular flexibility index (Phi) is 8.71. The van der Waals surface area contributed by atoms with Gasteiger partial charge in [-0.25, -0.2) is 0 Å². The molecule has 0 aromatic carbocycles. The van der Waals surface area contributed by atoms with Crippen molar-refractivity contribution in [2.24, 2.45) is 0 Å². The summed E-state index contributed by atoms with van der Waals surface area (Å²) in [6.07, 6.45) is -14.6. The van der Waals surface area contributed by atoms with Crippen LogP contribution in [-0.4, -0.2) is 106 Å². The van der Waals surface area contributed by atoms with E-state index in [9.17, 15) is 34.8 Å². The van der Waals surface area contributed by atoms with Gasteiger partial charge in [-0.15, -0.1) is 0 Å². The lowest BCUT2D eigenvalue weighted by Crippen LogP contribution is -2.65. The van der Waals surface area contributed by atoms with Gasteiger partial charge < -0.3 is 48.8 Å². The van der Waals surface area contributed by atoms with Crippen molar-refractivity contribution in [2.45, 2.75) is 89.1 Å². The Morgan fingerprint density at radius 2 is 1.35 bits per heavy atom. The molecule has 2 aliphatic heterocycles. The Labute approximate surface area is 177 Å². The second-order valence-electron chi connectivity index (χ2n) is 7.30. The van der Waals surface area contributed by atoms with Crippen LogP contribution in [0, 0.1) is 0 Å². The zero-order valence-corrected chi connectivity index (χ0v) is 17.4. The maximum Gasteiger partial charge on any atom is 0.303 e. The Hall–Kier alpha value is -1.87. The number of carbonyl (C=O) groups is 3. The molecule has 0 bridgehead atoms. The van der Waals surface area contributed by atoms with E-state index in [2.05, 4.69) is 0 Å². The van der Waals surface area contributed by atoms with Crippen molar-refractivity contribution >= 4 is 17.9 Å². The highest BCUT2D eigenvalue weighted by Crippen LogP contribution is 2.31. The highest BCUT2D eigenvalue weighted by molar-refractivity contribution is 5.67. The van der Waals surface area contributed by atoms with Crippen LogP contribution < -0.4 is 0 Å². The third-order valence-corrected chi connectivity index (χ3v) is 4.76. The SMILES string of the molecule is CC(=O)OC[C@H]1O[C@H](O)[C@H](OC(C)=O)[C@@H](OC(C)=O)[C@@H]1O[C@@H]1O[C@H](C)[C@@H](O)[C@H](O)[C@@H]1O. The van der Waals surface area contributed by atoms with Gasteiger partial charge >= 0.3 is 17.9 Å². The Morgan fingerprint density at radius 3 is 1.90 bits per heavy atom. The summed E-state index contributed by atoms with van der Waals surface area (Å²) < 4.78 is 31.6. The van der Waals surface area contributed by atoms with Crippen molar-refractivity contribution in [3.8, 4) is 0 Å². The summed E-state index contributed by atoms with van der Waals surface area (Å²) >= 11 is 0. The predicted octanol–water partition coefficient (Wildman–Crippen LogP) is -2.66. The summed E-state index contributed by atoms with van der Waals surface area (Å²) in [4.78, 5) is 34.4. The van der Waals surface area contributed by atoms with Gasteiger partial charge in [-0.2, -0.15) is 0 Å². The molecule has 2 aliphatic rings. The van der Waals surface area contributed by atoms with Crippen molar-refractivity contribution in [3.63, 3.8) is 0 Å². The largest absolute Gasteiger partial charge is 0.463 e. The number of carbonyl (C=O) groups excluding carboxylic acids is 3. The van der Waals surface area contributed by atoms with Gasteiger partial charge in [0.15, 0.2) is 24.8 Å². The fourth-order valence-electron chi connectivity index (χ4n) is 3.32. The van der Waals surface area contributed by atoms with Crippen molar-refractivity contribution in [1.29, 1.82) is 0 Å². The molecule has 2 fully saturated rings. The van der Waals surface area contributed by atoms with Crippen LogP contribution in [0.2, 0.25) is 0 Å². The summed E-state index contributed by atoms with van der Waals surface area (Å²) in [5.41, 5.74) is 0. The molecule has 0 amide bonds. The zero-order valence-electron chi connectivity index (χ0n) is 17.4. The lowest BCUT2D eigenvalue weighted by atomic mass is 9.97. The number of hydrogen-bond donors (Lipinski definition) is 4. The molecule has 31 heavy (non-hydrogen) atoms. The minimum Gasteiger partial charge on any atom is -0.463 e. The lowest BCUT2D eigenvalue weighted by molar-refractivity contribution is -0.353. The standard InChI is InChI=1S/C18H28O13/c1-6-11(22)12(23)13(24)18(27-6)31-14-10(5-26-7(2)19)30-17(25)16(29-9(4)21)15(14)28-8(3)20/h6,10-18,22-25H,5H2,1-4H3/t6-,10-,11-,12+,13+,14-,15+,16-,17+,18+/m1/s1. The Balaban J connectivity index is 2.35. The third-order valence-electron chi connectivity index (χ3n) is 4.76. The molecule has 0 unspecified atom stereocenters. The van der Waals surface area contributed by atoms with Gasteiger partial charge in [0.2, 0.25) is 0 Å². The summed E-state index contributed by atoms with van der Waals surface area (Å²) in [5, 5.41) is 40.4. The van der Waals surface area contributed by atoms with Crippen LogP contribution in [0.1, 0.15) is 27.7 Å². The van der Waals surface area contributed by atoms with E-state index in [1.807, 2.05) is 0 Å². The molecular weight excluding hydrogens is 424 g/mol. The molecule has 10 atom stereocenters. The van der Waals surface area contributed by atoms with Crippen molar-refractivity contribution in [3.05, 3.63) is 0 Å². The minimum atomic E-state index is -1.77. The summed E-state index contributed by atoms with van der Waals surface area (Å²) in [6, 6.07) is 0. The number of aliphatic hydroxyl groups is 4. The average Bonchev–Trinajstić information content (AvgIpc) is 2.66. The van der Waals surface area contributed by atoms with Gasteiger partial charge in [0.25, 0.3) is 0 Å². The first kappa shape index (κ1) is 25.4. The second kappa shape index (κ2) is 10.6. The van der Waals surface area contributed by atoms with E-state index in [4.69, 9.17) is 28.4 Å². The van der Waals surface area contributed by atoms with Gasteiger partial charge in [-0.05, 0) is 6.92 Å². The average molecular weight is 452 g/mol. The maximum absolute atomic E-state index is 11.7. The van der Waals surface area contributed by atoms with E-state index in [0.29, 0.717) is 0 Å². The van der Waals surface area contributed by atoms with Crippen LogP contribution in [-0.2, 0) is 42.8 Å². The predicted molar refractivity (Wildman–Crippen MR) is 95.8 cm³/mol. The van der Waals surface area contributed by atoms with E-state index in [1.165, 1.54) is 6.92 Å². The van der Waals surface area contributed by atoms with Gasteiger partial charge in [-0.3, -0.25) is 14.4 Å². The Bertz CT molecular complexity index is 654. The second-order valence-corrected chi connectivity index (χ2v) is 7.30. The highest BCUT2D eigenvalue weighted by atomic mass is 16.7. The fraction of sp³-hybridized carbons (Fsp3) is 0.833. The van der Waals surface area contributed by atoms with Crippen molar-refractivity contribution in [2.75, 3.05) is 6.61 Å². The van der Waals surface area contributed by atoms with Crippen LogP contribution in [0.25, 0.3) is 0 Å². The van der Waals surface area contributed by atoms with E-state index >= 15 is 0 Å². The van der Waals surface area contributed by atoms with Crippen LogP contribution in [0.15, 0.2) is 0 Å².